The lowest BCUT2D eigenvalue weighted by Gasteiger charge is -2.12. The number of aliphatic hydroxyl groups is 1. The highest BCUT2D eigenvalue weighted by atomic mass is 19.4. The van der Waals surface area contributed by atoms with E-state index in [2.05, 4.69) is 0 Å². The van der Waals surface area contributed by atoms with Crippen molar-refractivity contribution >= 4 is 0 Å². The fourth-order valence-corrected chi connectivity index (χ4v) is 0.946. The molecule has 0 unspecified atom stereocenters. The summed E-state index contributed by atoms with van der Waals surface area (Å²) in [4.78, 5) is 0. The first-order chi connectivity index (χ1) is 6.50. The van der Waals surface area contributed by atoms with Gasteiger partial charge in [-0.1, -0.05) is 0 Å². The lowest BCUT2D eigenvalue weighted by Crippen LogP contribution is -2.85. The second-order valence-corrected chi connectivity index (χ2v) is 2.87. The first-order valence-corrected chi connectivity index (χ1v) is 4.09. The molecule has 14 heavy (non-hydrogen) atoms. The van der Waals surface area contributed by atoms with Gasteiger partial charge in [-0.3, -0.25) is 0 Å². The van der Waals surface area contributed by atoms with E-state index < -0.39 is 18.8 Å². The molecule has 1 heterocycles. The summed E-state index contributed by atoms with van der Waals surface area (Å²) in [6.07, 6.45) is -5.37. The van der Waals surface area contributed by atoms with Gasteiger partial charge in [-0.25, -0.2) is 0 Å². The van der Waals surface area contributed by atoms with Crippen molar-refractivity contribution < 1.29 is 28.0 Å². The van der Waals surface area contributed by atoms with Gasteiger partial charge in [0.2, 0.25) is 0 Å². The molecule has 1 rings (SSSR count). The van der Waals surface area contributed by atoms with Crippen LogP contribution in [0.2, 0.25) is 0 Å². The second kappa shape index (κ2) is 4.47. The van der Waals surface area contributed by atoms with Crippen LogP contribution in [-0.2, 0) is 6.54 Å². The highest BCUT2D eigenvalue weighted by Gasteiger charge is 2.39. The molecule has 1 atom stereocenters. The van der Waals surface area contributed by atoms with Crippen LogP contribution in [0, 0.1) is 0 Å². The van der Waals surface area contributed by atoms with Crippen LogP contribution in [0.25, 0.3) is 0 Å². The summed E-state index contributed by atoms with van der Waals surface area (Å²) in [5, 5.41) is 9.97. The molecule has 0 saturated carbocycles. The van der Waals surface area contributed by atoms with Crippen molar-refractivity contribution in [2.75, 3.05) is 6.54 Å². The van der Waals surface area contributed by atoms with Crippen molar-refractivity contribution in [3.63, 3.8) is 0 Å². The van der Waals surface area contributed by atoms with Crippen LogP contribution < -0.4 is 5.32 Å². The van der Waals surface area contributed by atoms with E-state index >= 15 is 0 Å². The van der Waals surface area contributed by atoms with E-state index in [0.29, 0.717) is 12.3 Å². The first-order valence-electron chi connectivity index (χ1n) is 4.09. The van der Waals surface area contributed by atoms with Gasteiger partial charge in [-0.05, 0) is 12.1 Å². The highest BCUT2D eigenvalue weighted by Crippen LogP contribution is 2.18. The molecule has 0 aliphatic heterocycles. The van der Waals surface area contributed by atoms with Crippen LogP contribution in [0.5, 0.6) is 0 Å². The van der Waals surface area contributed by atoms with Gasteiger partial charge < -0.3 is 14.8 Å². The number of aliphatic hydroxyl groups excluding tert-OH is 1. The normalized spacial score (nSPS) is 14.3. The third-order valence-corrected chi connectivity index (χ3v) is 1.69. The molecule has 0 radical (unpaired) electrons. The third-order valence-electron chi connectivity index (χ3n) is 1.69. The van der Waals surface area contributed by atoms with Gasteiger partial charge in [-0.15, -0.1) is 0 Å². The molecule has 0 aromatic carbocycles. The molecule has 1 aromatic heterocycles. The number of halogens is 3. The van der Waals surface area contributed by atoms with E-state index in [1.165, 1.54) is 11.6 Å². The van der Waals surface area contributed by atoms with E-state index in [4.69, 9.17) is 9.52 Å². The second-order valence-electron chi connectivity index (χ2n) is 2.87. The smallest absolute Gasteiger partial charge is 0.419 e. The summed E-state index contributed by atoms with van der Waals surface area (Å²) in [6.45, 7) is -0.121. The molecule has 0 bridgehead atoms. The van der Waals surface area contributed by atoms with E-state index in [1.807, 2.05) is 0 Å². The minimum atomic E-state index is -4.54. The Morgan fingerprint density at radius 3 is 2.71 bits per heavy atom. The van der Waals surface area contributed by atoms with Gasteiger partial charge in [0.25, 0.3) is 0 Å². The van der Waals surface area contributed by atoms with Crippen molar-refractivity contribution in [3.05, 3.63) is 24.2 Å². The molecular formula is C8H11F3NO2+. The lowest BCUT2D eigenvalue weighted by atomic mass is 10.3. The molecule has 0 amide bonds. The number of hydrogen-bond acceptors (Lipinski definition) is 2. The fraction of sp³-hybridized carbons (Fsp3) is 0.500. The lowest BCUT2D eigenvalue weighted by molar-refractivity contribution is -0.681. The van der Waals surface area contributed by atoms with E-state index in [9.17, 15) is 13.2 Å². The maximum absolute atomic E-state index is 11.8. The molecule has 3 nitrogen and oxygen atoms in total. The molecule has 0 aliphatic rings. The standard InChI is InChI=1S/C8H10F3NO2/c9-8(10,11)7(13)5-12-4-6-2-1-3-14-6/h1-3,7,12-13H,4-5H2/p+1/t7-/m0/s1. The summed E-state index contributed by atoms with van der Waals surface area (Å²) in [6, 6.07) is 3.32. The maximum Gasteiger partial charge on any atom is 0.419 e. The summed E-state index contributed by atoms with van der Waals surface area (Å²) in [5.41, 5.74) is 0. The third kappa shape index (κ3) is 3.39. The van der Waals surface area contributed by atoms with Crippen LogP contribution in [0.1, 0.15) is 5.76 Å². The average molecular weight is 210 g/mol. The Bertz CT molecular complexity index is 258. The SMILES string of the molecule is O[C@@H](C[NH2+]Cc1ccco1)C(F)(F)F. The number of hydrogen-bond donors (Lipinski definition) is 2. The molecule has 0 spiro atoms. The Hall–Kier alpha value is -1.01. The molecule has 1 aromatic rings. The molecule has 0 saturated heterocycles. The number of furan rings is 1. The maximum atomic E-state index is 11.8. The van der Waals surface area contributed by atoms with Crippen molar-refractivity contribution in [1.82, 2.24) is 0 Å². The predicted molar refractivity (Wildman–Crippen MR) is 41.3 cm³/mol. The number of quaternary nitrogens is 1. The fourth-order valence-electron chi connectivity index (χ4n) is 0.946. The molecule has 0 fully saturated rings. The van der Waals surface area contributed by atoms with Crippen LogP contribution >= 0.6 is 0 Å². The highest BCUT2D eigenvalue weighted by molar-refractivity contribution is 4.95. The van der Waals surface area contributed by atoms with Crippen molar-refractivity contribution in [2.45, 2.75) is 18.8 Å². The van der Waals surface area contributed by atoms with Gasteiger partial charge in [0.05, 0.1) is 6.26 Å². The Labute approximate surface area is 78.5 Å². The summed E-state index contributed by atoms with van der Waals surface area (Å²) >= 11 is 0. The quantitative estimate of drug-likeness (QED) is 0.749. The Balaban J connectivity index is 2.22. The van der Waals surface area contributed by atoms with Crippen molar-refractivity contribution in [3.8, 4) is 0 Å². The zero-order valence-corrected chi connectivity index (χ0v) is 7.29. The first kappa shape index (κ1) is 11.1. The van der Waals surface area contributed by atoms with Crippen molar-refractivity contribution in [1.29, 1.82) is 0 Å². The largest absolute Gasteiger partial charge is 0.463 e. The van der Waals surface area contributed by atoms with Crippen LogP contribution in [0.4, 0.5) is 13.2 Å². The molecule has 6 heteroatoms. The Morgan fingerprint density at radius 2 is 2.21 bits per heavy atom. The zero-order chi connectivity index (χ0) is 10.6. The van der Waals surface area contributed by atoms with Gasteiger partial charge in [0, 0.05) is 0 Å². The van der Waals surface area contributed by atoms with Gasteiger partial charge >= 0.3 is 6.18 Å². The van der Waals surface area contributed by atoms with E-state index in [1.54, 1.807) is 12.1 Å². The number of alkyl halides is 3. The topological polar surface area (TPSA) is 50.0 Å². The molecule has 0 aliphatic carbocycles. The van der Waals surface area contributed by atoms with E-state index in [0.717, 1.165) is 0 Å². The summed E-state index contributed by atoms with van der Waals surface area (Å²) < 4.78 is 40.4. The number of nitrogens with two attached hydrogens (primary N) is 1. The van der Waals surface area contributed by atoms with Gasteiger partial charge in [0.1, 0.15) is 13.1 Å². The minimum Gasteiger partial charge on any atom is -0.463 e. The van der Waals surface area contributed by atoms with Crippen LogP contribution in [0.15, 0.2) is 22.8 Å². The molecule has 3 N–H and O–H groups in total. The summed E-state index contributed by atoms with van der Waals surface area (Å²) in [5.74, 6) is 0.583. The zero-order valence-electron chi connectivity index (χ0n) is 7.29. The van der Waals surface area contributed by atoms with E-state index in [-0.39, 0.29) is 0 Å². The minimum absolute atomic E-state index is 0.292. The van der Waals surface area contributed by atoms with Crippen molar-refractivity contribution in [2.24, 2.45) is 0 Å². The summed E-state index contributed by atoms with van der Waals surface area (Å²) in [7, 11) is 0. The van der Waals surface area contributed by atoms with Gasteiger partial charge in [-0.2, -0.15) is 13.2 Å². The van der Waals surface area contributed by atoms with Crippen LogP contribution in [-0.4, -0.2) is 23.9 Å². The average Bonchev–Trinajstić information content (AvgIpc) is 2.55. The van der Waals surface area contributed by atoms with Crippen LogP contribution in [0.3, 0.4) is 0 Å². The Kier molecular flexibility index (Phi) is 3.54. The number of rotatable bonds is 4. The molecule has 80 valence electrons. The van der Waals surface area contributed by atoms with Gasteiger partial charge in [0.15, 0.2) is 11.9 Å². The Morgan fingerprint density at radius 1 is 1.50 bits per heavy atom. The monoisotopic (exact) mass is 210 g/mol. The predicted octanol–water partition coefficient (Wildman–Crippen LogP) is 0.266. The molecular weight excluding hydrogens is 199 g/mol.